The predicted molar refractivity (Wildman–Crippen MR) is 40.9 cm³/mol. The zero-order valence-electron chi connectivity index (χ0n) is 6.32. The van der Waals surface area contributed by atoms with Crippen molar-refractivity contribution in [1.82, 2.24) is 0 Å². The van der Waals surface area contributed by atoms with Gasteiger partial charge >= 0.3 is 0 Å². The first-order chi connectivity index (χ1) is 4.22. The van der Waals surface area contributed by atoms with E-state index in [-0.39, 0.29) is 19.5 Å². The van der Waals surface area contributed by atoms with E-state index in [0.29, 0.717) is 0 Å². The van der Waals surface area contributed by atoms with Gasteiger partial charge in [0.05, 0.1) is 0 Å². The molecule has 0 atom stereocenters. The first-order valence-electron chi connectivity index (χ1n) is 2.93. The molecule has 1 aromatic carbocycles. The molecule has 0 spiro atoms. The second-order valence-corrected chi connectivity index (χ2v) is 2.58. The predicted octanol–water partition coefficient (Wildman–Crippen LogP) is 2.95. The van der Waals surface area contributed by atoms with Gasteiger partial charge in [-0.25, -0.2) is 0 Å². The topological polar surface area (TPSA) is 0 Å². The van der Waals surface area contributed by atoms with Crippen LogP contribution in [0.25, 0.3) is 0 Å². The van der Waals surface area contributed by atoms with E-state index in [2.05, 4.69) is 0 Å². The van der Waals surface area contributed by atoms with Crippen LogP contribution in [0.1, 0.15) is 11.1 Å². The summed E-state index contributed by atoms with van der Waals surface area (Å²) in [6.45, 7) is 4.02. The molecule has 0 aliphatic carbocycles. The molecule has 0 radical (unpaired) electrons. The molecule has 0 heterocycles. The van der Waals surface area contributed by atoms with Crippen LogP contribution in [-0.4, -0.2) is 0 Å². The van der Waals surface area contributed by atoms with Crippen LogP contribution >= 0.6 is 11.6 Å². The van der Waals surface area contributed by atoms with Crippen molar-refractivity contribution in [2.24, 2.45) is 0 Å². The summed E-state index contributed by atoms with van der Waals surface area (Å²) in [6.07, 6.45) is 0. The van der Waals surface area contributed by atoms with Gasteiger partial charge in [-0.15, -0.1) is 0 Å². The number of rotatable bonds is 0. The van der Waals surface area contributed by atoms with Crippen LogP contribution < -0.4 is 0 Å². The maximum absolute atomic E-state index is 5.88. The fourth-order valence-corrected chi connectivity index (χ4v) is 0.920. The summed E-state index contributed by atoms with van der Waals surface area (Å²) in [5, 5.41) is 0.887. The quantitative estimate of drug-likeness (QED) is 0.572. The van der Waals surface area contributed by atoms with Crippen molar-refractivity contribution in [3.05, 3.63) is 34.3 Å². The zero-order chi connectivity index (χ0) is 6.85. The first kappa shape index (κ1) is 10.1. The summed E-state index contributed by atoms with van der Waals surface area (Å²) >= 11 is 5.88. The van der Waals surface area contributed by atoms with Crippen molar-refractivity contribution in [1.29, 1.82) is 0 Å². The summed E-state index contributed by atoms with van der Waals surface area (Å²) in [6, 6.07) is 6.03. The molecule has 0 nitrogen and oxygen atoms in total. The van der Waals surface area contributed by atoms with Crippen LogP contribution in [0.2, 0.25) is 5.02 Å². The van der Waals surface area contributed by atoms with Gasteiger partial charge in [0.1, 0.15) is 0 Å². The van der Waals surface area contributed by atoms with Crippen molar-refractivity contribution in [2.75, 3.05) is 0 Å². The number of aryl methyl sites for hydroxylation is 2. The standard InChI is InChI=1S/C8H9Cl.Zn/c1-6-4-3-5-7(2)8(6)9;/h3-5H,1-2H3;. The van der Waals surface area contributed by atoms with E-state index in [1.54, 1.807) is 0 Å². The van der Waals surface area contributed by atoms with Gasteiger partial charge in [-0.05, 0) is 25.0 Å². The Kier molecular flexibility index (Phi) is 4.16. The van der Waals surface area contributed by atoms with Crippen LogP contribution in [0, 0.1) is 13.8 Å². The summed E-state index contributed by atoms with van der Waals surface area (Å²) < 4.78 is 0. The van der Waals surface area contributed by atoms with Crippen molar-refractivity contribution in [3.8, 4) is 0 Å². The molecule has 0 aromatic heterocycles. The number of hydrogen-bond acceptors (Lipinski definition) is 0. The molecule has 0 amide bonds. The Morgan fingerprint density at radius 2 is 1.50 bits per heavy atom. The maximum Gasteiger partial charge on any atom is 0.0464 e. The monoisotopic (exact) mass is 204 g/mol. The molecule has 10 heavy (non-hydrogen) atoms. The molecule has 0 aliphatic heterocycles. The Bertz CT molecular complexity index is 200. The third-order valence-corrected chi connectivity index (χ3v) is 1.98. The van der Waals surface area contributed by atoms with Crippen LogP contribution in [0.5, 0.6) is 0 Å². The molecule has 1 aromatic rings. The average Bonchev–Trinajstić information content (AvgIpc) is 1.83. The molecular formula is C8H9ClZn. The van der Waals surface area contributed by atoms with E-state index < -0.39 is 0 Å². The molecule has 0 saturated carbocycles. The average molecular weight is 206 g/mol. The minimum absolute atomic E-state index is 0. The van der Waals surface area contributed by atoms with E-state index >= 15 is 0 Å². The van der Waals surface area contributed by atoms with E-state index in [1.807, 2.05) is 32.0 Å². The molecule has 2 heteroatoms. The molecule has 0 aliphatic rings. The maximum atomic E-state index is 5.88. The van der Waals surface area contributed by atoms with Crippen LogP contribution in [-0.2, 0) is 19.5 Å². The molecule has 0 unspecified atom stereocenters. The van der Waals surface area contributed by atoms with Crippen molar-refractivity contribution < 1.29 is 19.5 Å². The van der Waals surface area contributed by atoms with E-state index in [4.69, 9.17) is 11.6 Å². The fourth-order valence-electron chi connectivity index (χ4n) is 0.794. The molecular weight excluding hydrogens is 197 g/mol. The normalized spacial score (nSPS) is 8.70. The summed E-state index contributed by atoms with van der Waals surface area (Å²) in [5.74, 6) is 0. The minimum Gasteiger partial charge on any atom is -0.0838 e. The first-order valence-corrected chi connectivity index (χ1v) is 3.31. The largest absolute Gasteiger partial charge is 0.0838 e. The summed E-state index contributed by atoms with van der Waals surface area (Å²) in [7, 11) is 0. The van der Waals surface area contributed by atoms with Gasteiger partial charge in [0, 0.05) is 24.5 Å². The molecule has 1 rings (SSSR count). The third-order valence-electron chi connectivity index (χ3n) is 1.38. The van der Waals surface area contributed by atoms with Gasteiger partial charge in [0.25, 0.3) is 0 Å². The summed E-state index contributed by atoms with van der Waals surface area (Å²) in [4.78, 5) is 0. The SMILES string of the molecule is Cc1cccc(C)c1Cl.[Zn]. The molecule has 0 N–H and O–H groups in total. The van der Waals surface area contributed by atoms with Gasteiger partial charge < -0.3 is 0 Å². The summed E-state index contributed by atoms with van der Waals surface area (Å²) in [5.41, 5.74) is 2.30. The van der Waals surface area contributed by atoms with Crippen LogP contribution in [0.15, 0.2) is 18.2 Å². The Balaban J connectivity index is 0.000000810. The van der Waals surface area contributed by atoms with Crippen molar-refractivity contribution >= 4 is 11.6 Å². The van der Waals surface area contributed by atoms with Crippen molar-refractivity contribution in [2.45, 2.75) is 13.8 Å². The zero-order valence-corrected chi connectivity index (χ0v) is 10.0. The Labute approximate surface area is 79.3 Å². The molecule has 0 saturated heterocycles. The minimum atomic E-state index is 0. The number of benzene rings is 1. The van der Waals surface area contributed by atoms with Crippen molar-refractivity contribution in [3.63, 3.8) is 0 Å². The third kappa shape index (κ3) is 2.07. The van der Waals surface area contributed by atoms with E-state index in [0.717, 1.165) is 16.1 Å². The Morgan fingerprint density at radius 3 is 1.80 bits per heavy atom. The molecule has 0 fully saturated rings. The van der Waals surface area contributed by atoms with Gasteiger partial charge in [-0.2, -0.15) is 0 Å². The van der Waals surface area contributed by atoms with Gasteiger partial charge in [0.15, 0.2) is 0 Å². The Hall–Kier alpha value is 0.133. The molecule has 0 bridgehead atoms. The number of hydrogen-bond donors (Lipinski definition) is 0. The van der Waals surface area contributed by atoms with E-state index in [1.165, 1.54) is 0 Å². The Morgan fingerprint density at radius 1 is 1.10 bits per heavy atom. The van der Waals surface area contributed by atoms with E-state index in [9.17, 15) is 0 Å². The van der Waals surface area contributed by atoms with Crippen LogP contribution in [0.4, 0.5) is 0 Å². The fraction of sp³-hybridized carbons (Fsp3) is 0.250. The molecule has 50 valence electrons. The number of halogens is 1. The second kappa shape index (κ2) is 4.10. The van der Waals surface area contributed by atoms with Crippen LogP contribution in [0.3, 0.4) is 0 Å². The smallest absolute Gasteiger partial charge is 0.0464 e. The van der Waals surface area contributed by atoms with Gasteiger partial charge in [-0.3, -0.25) is 0 Å². The second-order valence-electron chi connectivity index (χ2n) is 2.21. The van der Waals surface area contributed by atoms with Gasteiger partial charge in [0.2, 0.25) is 0 Å². The van der Waals surface area contributed by atoms with Gasteiger partial charge in [-0.1, -0.05) is 29.8 Å².